The molecular formula is C16H18ClN3. The molecule has 2 heterocycles. The van der Waals surface area contributed by atoms with Crippen LogP contribution in [0.2, 0.25) is 5.02 Å². The van der Waals surface area contributed by atoms with Crippen molar-refractivity contribution in [3.05, 3.63) is 46.9 Å². The summed E-state index contributed by atoms with van der Waals surface area (Å²) >= 11 is 6.28. The van der Waals surface area contributed by atoms with E-state index in [2.05, 4.69) is 21.4 Å². The van der Waals surface area contributed by atoms with Crippen molar-refractivity contribution in [2.24, 2.45) is 0 Å². The highest BCUT2D eigenvalue weighted by Gasteiger charge is 2.18. The molecule has 0 atom stereocenters. The van der Waals surface area contributed by atoms with E-state index in [0.29, 0.717) is 5.92 Å². The van der Waals surface area contributed by atoms with Gasteiger partial charge in [-0.15, -0.1) is 0 Å². The topological polar surface area (TPSA) is 37.8 Å². The first kappa shape index (κ1) is 13.5. The second kappa shape index (κ2) is 5.90. The molecule has 104 valence electrons. The maximum Gasteiger partial charge on any atom is 0.126 e. The Morgan fingerprint density at radius 1 is 1.15 bits per heavy atom. The largest absolute Gasteiger partial charge is 0.317 e. The van der Waals surface area contributed by atoms with E-state index in [0.717, 1.165) is 53.7 Å². The normalized spacial score (nSPS) is 16.3. The van der Waals surface area contributed by atoms with Crippen LogP contribution in [0.15, 0.2) is 30.3 Å². The van der Waals surface area contributed by atoms with E-state index in [9.17, 15) is 0 Å². The number of rotatable bonds is 2. The number of aryl methyl sites for hydroxylation is 1. The predicted molar refractivity (Wildman–Crippen MR) is 82.1 cm³/mol. The van der Waals surface area contributed by atoms with E-state index in [1.807, 2.05) is 31.2 Å². The number of hydrogen-bond donors (Lipinski definition) is 1. The molecule has 0 amide bonds. The Morgan fingerprint density at radius 3 is 2.65 bits per heavy atom. The summed E-state index contributed by atoms with van der Waals surface area (Å²) in [5.74, 6) is 1.34. The Kier molecular flexibility index (Phi) is 3.99. The SMILES string of the molecule is Cc1nc(-c2ccccc2Cl)cc(C2CCNCC2)n1. The van der Waals surface area contributed by atoms with Gasteiger partial charge in [-0.05, 0) is 45.0 Å². The molecule has 0 aliphatic carbocycles. The Hall–Kier alpha value is -1.45. The maximum absolute atomic E-state index is 6.28. The molecule has 0 bridgehead atoms. The molecule has 2 aromatic rings. The molecule has 0 saturated carbocycles. The Morgan fingerprint density at radius 2 is 1.90 bits per heavy atom. The smallest absolute Gasteiger partial charge is 0.126 e. The zero-order chi connectivity index (χ0) is 13.9. The third kappa shape index (κ3) is 2.84. The van der Waals surface area contributed by atoms with Gasteiger partial charge in [0.1, 0.15) is 5.82 Å². The molecule has 1 N–H and O–H groups in total. The van der Waals surface area contributed by atoms with Crippen molar-refractivity contribution in [3.63, 3.8) is 0 Å². The monoisotopic (exact) mass is 287 g/mol. The zero-order valence-corrected chi connectivity index (χ0v) is 12.3. The van der Waals surface area contributed by atoms with Crippen LogP contribution >= 0.6 is 11.6 Å². The standard InChI is InChI=1S/C16H18ClN3/c1-11-19-15(12-6-8-18-9-7-12)10-16(20-11)13-4-2-3-5-14(13)17/h2-5,10,12,18H,6-9H2,1H3. The van der Waals surface area contributed by atoms with E-state index < -0.39 is 0 Å². The number of aromatic nitrogens is 2. The van der Waals surface area contributed by atoms with Crippen LogP contribution in [-0.2, 0) is 0 Å². The van der Waals surface area contributed by atoms with Crippen molar-refractivity contribution in [1.29, 1.82) is 0 Å². The highest BCUT2D eigenvalue weighted by molar-refractivity contribution is 6.33. The van der Waals surface area contributed by atoms with Gasteiger partial charge in [-0.3, -0.25) is 0 Å². The molecule has 1 aromatic heterocycles. The lowest BCUT2D eigenvalue weighted by Gasteiger charge is -2.22. The first-order valence-electron chi connectivity index (χ1n) is 7.05. The first-order valence-corrected chi connectivity index (χ1v) is 7.43. The minimum Gasteiger partial charge on any atom is -0.317 e. The van der Waals surface area contributed by atoms with Gasteiger partial charge in [0.05, 0.1) is 5.69 Å². The summed E-state index contributed by atoms with van der Waals surface area (Å²) in [5.41, 5.74) is 3.06. The Labute approximate surface area is 124 Å². The minimum absolute atomic E-state index is 0.527. The van der Waals surface area contributed by atoms with Crippen LogP contribution in [0.5, 0.6) is 0 Å². The van der Waals surface area contributed by atoms with E-state index in [-0.39, 0.29) is 0 Å². The summed E-state index contributed by atoms with van der Waals surface area (Å²) < 4.78 is 0. The Balaban J connectivity index is 2.00. The number of piperidine rings is 1. The van der Waals surface area contributed by atoms with Crippen molar-refractivity contribution in [1.82, 2.24) is 15.3 Å². The van der Waals surface area contributed by atoms with Crippen LogP contribution in [0.25, 0.3) is 11.3 Å². The summed E-state index contributed by atoms with van der Waals surface area (Å²) in [4.78, 5) is 9.18. The van der Waals surface area contributed by atoms with Gasteiger partial charge >= 0.3 is 0 Å². The van der Waals surface area contributed by atoms with E-state index in [4.69, 9.17) is 11.6 Å². The van der Waals surface area contributed by atoms with Crippen molar-refractivity contribution in [2.45, 2.75) is 25.7 Å². The summed E-state index contributed by atoms with van der Waals surface area (Å²) in [5, 5.41) is 4.13. The lowest BCUT2D eigenvalue weighted by Crippen LogP contribution is -2.27. The van der Waals surface area contributed by atoms with Crippen molar-refractivity contribution >= 4 is 11.6 Å². The average molecular weight is 288 g/mol. The average Bonchev–Trinajstić information content (AvgIpc) is 2.48. The number of halogens is 1. The van der Waals surface area contributed by atoms with Crippen LogP contribution in [0.4, 0.5) is 0 Å². The van der Waals surface area contributed by atoms with Gasteiger partial charge in [-0.2, -0.15) is 0 Å². The van der Waals surface area contributed by atoms with Gasteiger partial charge in [-0.1, -0.05) is 29.8 Å². The van der Waals surface area contributed by atoms with Gasteiger partial charge < -0.3 is 5.32 Å². The summed E-state index contributed by atoms with van der Waals surface area (Å²) in [7, 11) is 0. The molecule has 1 aromatic carbocycles. The highest BCUT2D eigenvalue weighted by Crippen LogP contribution is 2.30. The molecule has 3 nitrogen and oxygen atoms in total. The van der Waals surface area contributed by atoms with E-state index in [1.165, 1.54) is 0 Å². The molecule has 1 saturated heterocycles. The zero-order valence-electron chi connectivity index (χ0n) is 11.6. The molecule has 1 aliphatic heterocycles. The predicted octanol–water partition coefficient (Wildman–Crippen LogP) is 3.57. The highest BCUT2D eigenvalue weighted by atomic mass is 35.5. The molecular weight excluding hydrogens is 270 g/mol. The van der Waals surface area contributed by atoms with Crippen LogP contribution in [0, 0.1) is 6.92 Å². The van der Waals surface area contributed by atoms with Crippen LogP contribution in [0.3, 0.4) is 0 Å². The molecule has 0 radical (unpaired) electrons. The van der Waals surface area contributed by atoms with E-state index >= 15 is 0 Å². The summed E-state index contributed by atoms with van der Waals surface area (Å²) in [6.45, 7) is 4.08. The van der Waals surface area contributed by atoms with Gasteiger partial charge in [0, 0.05) is 22.2 Å². The number of nitrogens with zero attached hydrogens (tertiary/aromatic N) is 2. The fourth-order valence-electron chi connectivity index (χ4n) is 2.72. The Bertz CT molecular complexity index is 606. The summed E-state index contributed by atoms with van der Waals surface area (Å²) in [6, 6.07) is 9.94. The van der Waals surface area contributed by atoms with Crippen LogP contribution in [0.1, 0.15) is 30.3 Å². The van der Waals surface area contributed by atoms with Gasteiger partial charge in [-0.25, -0.2) is 9.97 Å². The third-order valence-corrected chi connectivity index (χ3v) is 4.09. The van der Waals surface area contributed by atoms with Crippen molar-refractivity contribution in [3.8, 4) is 11.3 Å². The molecule has 20 heavy (non-hydrogen) atoms. The van der Waals surface area contributed by atoms with Crippen molar-refractivity contribution in [2.75, 3.05) is 13.1 Å². The van der Waals surface area contributed by atoms with Gasteiger partial charge in [0.25, 0.3) is 0 Å². The minimum atomic E-state index is 0.527. The molecule has 0 unspecified atom stereocenters. The first-order chi connectivity index (χ1) is 9.74. The number of benzene rings is 1. The second-order valence-corrected chi connectivity index (χ2v) is 5.64. The third-order valence-electron chi connectivity index (χ3n) is 3.76. The second-order valence-electron chi connectivity index (χ2n) is 5.23. The quantitative estimate of drug-likeness (QED) is 0.917. The number of hydrogen-bond acceptors (Lipinski definition) is 3. The molecule has 4 heteroatoms. The van der Waals surface area contributed by atoms with Crippen molar-refractivity contribution < 1.29 is 0 Å². The van der Waals surface area contributed by atoms with Gasteiger partial charge in [0.15, 0.2) is 0 Å². The fraction of sp³-hybridized carbons (Fsp3) is 0.375. The van der Waals surface area contributed by atoms with E-state index in [1.54, 1.807) is 0 Å². The molecule has 0 spiro atoms. The summed E-state index contributed by atoms with van der Waals surface area (Å²) in [6.07, 6.45) is 2.27. The lowest BCUT2D eigenvalue weighted by atomic mass is 9.93. The number of nitrogens with one attached hydrogen (secondary N) is 1. The van der Waals surface area contributed by atoms with Gasteiger partial charge in [0.2, 0.25) is 0 Å². The lowest BCUT2D eigenvalue weighted by molar-refractivity contribution is 0.452. The fourth-order valence-corrected chi connectivity index (χ4v) is 2.96. The van der Waals surface area contributed by atoms with Crippen LogP contribution in [-0.4, -0.2) is 23.1 Å². The maximum atomic E-state index is 6.28. The molecule has 1 fully saturated rings. The molecule has 3 rings (SSSR count). The molecule has 1 aliphatic rings. The van der Waals surface area contributed by atoms with Crippen LogP contribution < -0.4 is 5.32 Å².